The van der Waals surface area contributed by atoms with Crippen LogP contribution in [0.25, 0.3) is 0 Å². The molecule has 1 amide bonds. The zero-order valence-electron chi connectivity index (χ0n) is 16.6. The molecule has 0 radical (unpaired) electrons. The van der Waals surface area contributed by atoms with E-state index in [4.69, 9.17) is 13.6 Å². The van der Waals surface area contributed by atoms with Crippen molar-refractivity contribution in [3.8, 4) is 0 Å². The number of amidine groups is 1. The minimum Gasteiger partial charge on any atom is -0.467 e. The molecule has 156 valence electrons. The summed E-state index contributed by atoms with van der Waals surface area (Å²) in [5.74, 6) is 0.642. The van der Waals surface area contributed by atoms with Crippen LogP contribution >= 0.6 is 11.8 Å². The molecule has 0 bridgehead atoms. The average Bonchev–Trinajstić information content (AvgIpc) is 3.48. The Morgan fingerprint density at radius 2 is 2.07 bits per heavy atom. The van der Waals surface area contributed by atoms with Crippen LogP contribution in [0.2, 0.25) is 0 Å². The Kier molecular flexibility index (Phi) is 5.80. The fraction of sp³-hybridized carbons (Fsp3) is 0.286. The van der Waals surface area contributed by atoms with Gasteiger partial charge >= 0.3 is 5.97 Å². The third-order valence-corrected chi connectivity index (χ3v) is 5.58. The highest BCUT2D eigenvalue weighted by atomic mass is 32.2. The normalized spacial score (nSPS) is 18.1. The highest BCUT2D eigenvalue weighted by Gasteiger charge is 2.42. The molecule has 2 aromatic heterocycles. The molecule has 2 aromatic rings. The van der Waals surface area contributed by atoms with E-state index in [2.05, 4.69) is 10.3 Å². The van der Waals surface area contributed by atoms with Crippen molar-refractivity contribution in [1.82, 2.24) is 10.2 Å². The number of fused-ring (bicyclic) bond motifs is 1. The zero-order valence-corrected chi connectivity index (χ0v) is 17.4. The van der Waals surface area contributed by atoms with Crippen molar-refractivity contribution in [3.63, 3.8) is 0 Å². The maximum absolute atomic E-state index is 12.7. The Morgan fingerprint density at radius 1 is 1.27 bits per heavy atom. The Morgan fingerprint density at radius 3 is 2.77 bits per heavy atom. The number of ether oxygens (including phenoxy) is 1. The molecule has 1 atom stereocenters. The molecule has 0 aliphatic carbocycles. The number of rotatable bonds is 7. The van der Waals surface area contributed by atoms with Crippen molar-refractivity contribution >= 4 is 28.8 Å². The molecule has 0 saturated carbocycles. The summed E-state index contributed by atoms with van der Waals surface area (Å²) < 4.78 is 16.2. The van der Waals surface area contributed by atoms with Crippen LogP contribution in [0.5, 0.6) is 0 Å². The van der Waals surface area contributed by atoms with E-state index in [0.29, 0.717) is 34.5 Å². The average molecular weight is 427 g/mol. The van der Waals surface area contributed by atoms with Gasteiger partial charge in [0, 0.05) is 5.70 Å². The monoisotopic (exact) mass is 427 g/mol. The van der Waals surface area contributed by atoms with E-state index in [9.17, 15) is 9.59 Å². The van der Waals surface area contributed by atoms with E-state index >= 15 is 0 Å². The molecule has 0 spiro atoms. The van der Waals surface area contributed by atoms with Gasteiger partial charge in [0.1, 0.15) is 17.6 Å². The van der Waals surface area contributed by atoms with Crippen LogP contribution in [0.1, 0.15) is 37.8 Å². The molecule has 0 aromatic carbocycles. The molecule has 4 rings (SSSR count). The minimum atomic E-state index is -0.550. The highest BCUT2D eigenvalue weighted by molar-refractivity contribution is 8.16. The van der Waals surface area contributed by atoms with Crippen LogP contribution in [0.4, 0.5) is 0 Å². The van der Waals surface area contributed by atoms with Crippen LogP contribution in [0, 0.1) is 0 Å². The summed E-state index contributed by atoms with van der Waals surface area (Å²) in [6, 6.07) is 6.59. The molecule has 4 heterocycles. The first kappa shape index (κ1) is 20.1. The number of thioether (sulfide) groups is 1. The first-order chi connectivity index (χ1) is 14.6. The highest BCUT2D eigenvalue weighted by Crippen LogP contribution is 2.44. The standard InChI is InChI=1S/C21H21N3O5S/c1-3-27-20(26)18-13(2)23-21-24(19(18)16-7-5-9-29-16)14(12-30-21)10-17(25)22-11-15-6-4-8-28-15/h4-9,12,19H,3,10-11H2,1-2H3,(H,22,25). The van der Waals surface area contributed by atoms with E-state index in [1.807, 2.05) is 10.3 Å². The lowest BCUT2D eigenvalue weighted by molar-refractivity contribution is -0.139. The van der Waals surface area contributed by atoms with Crippen LogP contribution in [-0.4, -0.2) is 28.6 Å². The largest absolute Gasteiger partial charge is 0.467 e. The van der Waals surface area contributed by atoms with Crippen molar-refractivity contribution < 1.29 is 23.2 Å². The molecule has 30 heavy (non-hydrogen) atoms. The van der Waals surface area contributed by atoms with E-state index in [0.717, 1.165) is 5.70 Å². The quantitative estimate of drug-likeness (QED) is 0.673. The van der Waals surface area contributed by atoms with Crippen molar-refractivity contribution in [1.29, 1.82) is 0 Å². The number of carbonyl (C=O) groups is 2. The third kappa shape index (κ3) is 3.93. The fourth-order valence-electron chi connectivity index (χ4n) is 3.38. The summed E-state index contributed by atoms with van der Waals surface area (Å²) in [5, 5.41) is 5.41. The Bertz CT molecular complexity index is 1020. The van der Waals surface area contributed by atoms with E-state index in [1.54, 1.807) is 50.6 Å². The molecular weight excluding hydrogens is 406 g/mol. The van der Waals surface area contributed by atoms with Gasteiger partial charge in [-0.2, -0.15) is 0 Å². The number of furan rings is 2. The van der Waals surface area contributed by atoms with Crippen LogP contribution < -0.4 is 5.32 Å². The fourth-order valence-corrected chi connectivity index (χ4v) is 4.35. The van der Waals surface area contributed by atoms with Gasteiger partial charge in [-0.15, -0.1) is 0 Å². The SMILES string of the molecule is CCOC(=O)C1=C(C)N=C2SC=C(CC(=O)NCc3ccco3)N2C1c1ccco1. The topological polar surface area (TPSA) is 97.3 Å². The van der Waals surface area contributed by atoms with E-state index < -0.39 is 12.0 Å². The number of aliphatic imine (C=N–C) groups is 1. The van der Waals surface area contributed by atoms with Gasteiger partial charge in [-0.05, 0) is 43.5 Å². The second-order valence-corrected chi connectivity index (χ2v) is 7.50. The summed E-state index contributed by atoms with van der Waals surface area (Å²) in [7, 11) is 0. The first-order valence-electron chi connectivity index (χ1n) is 9.52. The number of nitrogens with one attached hydrogen (secondary N) is 1. The van der Waals surface area contributed by atoms with Gasteiger partial charge in [0.15, 0.2) is 5.17 Å². The van der Waals surface area contributed by atoms with Crippen molar-refractivity contribution in [2.24, 2.45) is 4.99 Å². The molecule has 8 nitrogen and oxygen atoms in total. The van der Waals surface area contributed by atoms with Gasteiger partial charge in [-0.25, -0.2) is 9.79 Å². The maximum Gasteiger partial charge on any atom is 0.338 e. The van der Waals surface area contributed by atoms with E-state index in [-0.39, 0.29) is 18.9 Å². The Hall–Kier alpha value is -3.20. The van der Waals surface area contributed by atoms with Crippen LogP contribution in [0.3, 0.4) is 0 Å². The molecule has 1 N–H and O–H groups in total. The number of carbonyl (C=O) groups excluding carboxylic acids is 2. The smallest absolute Gasteiger partial charge is 0.338 e. The molecule has 0 fully saturated rings. The number of esters is 1. The second-order valence-electron chi connectivity index (χ2n) is 6.66. The summed E-state index contributed by atoms with van der Waals surface area (Å²) in [4.78, 5) is 31.7. The van der Waals surface area contributed by atoms with Gasteiger partial charge in [-0.3, -0.25) is 4.79 Å². The lowest BCUT2D eigenvalue weighted by atomic mass is 9.99. The van der Waals surface area contributed by atoms with E-state index in [1.165, 1.54) is 11.8 Å². The summed E-state index contributed by atoms with van der Waals surface area (Å²) in [6.45, 7) is 4.10. The van der Waals surface area contributed by atoms with Gasteiger partial charge in [-0.1, -0.05) is 11.8 Å². The predicted octanol–water partition coefficient (Wildman–Crippen LogP) is 3.72. The minimum absolute atomic E-state index is 0.124. The number of amides is 1. The van der Waals surface area contributed by atoms with Crippen LogP contribution in [0.15, 0.2) is 73.0 Å². The third-order valence-electron chi connectivity index (χ3n) is 4.69. The lowest BCUT2D eigenvalue weighted by Gasteiger charge is -2.34. The Labute approximate surface area is 177 Å². The summed E-state index contributed by atoms with van der Waals surface area (Å²) in [6.07, 6.45) is 3.24. The number of hydrogen-bond donors (Lipinski definition) is 1. The molecule has 0 saturated heterocycles. The predicted molar refractivity (Wildman–Crippen MR) is 111 cm³/mol. The molecule has 2 aliphatic heterocycles. The van der Waals surface area contributed by atoms with Crippen molar-refractivity contribution in [2.75, 3.05) is 6.61 Å². The molecule has 2 aliphatic rings. The number of hydrogen-bond acceptors (Lipinski definition) is 8. The van der Waals surface area contributed by atoms with Crippen LogP contribution in [-0.2, 0) is 20.9 Å². The number of allylic oxidation sites excluding steroid dienone is 1. The summed E-state index contributed by atoms with van der Waals surface area (Å²) >= 11 is 1.41. The molecular formula is C21H21N3O5S. The van der Waals surface area contributed by atoms with Gasteiger partial charge in [0.25, 0.3) is 0 Å². The van der Waals surface area contributed by atoms with Gasteiger partial charge in [0.2, 0.25) is 5.91 Å². The maximum atomic E-state index is 12.7. The number of nitrogens with zero attached hydrogens (tertiary/aromatic N) is 2. The zero-order chi connectivity index (χ0) is 21.1. The first-order valence-corrected chi connectivity index (χ1v) is 10.4. The Balaban J connectivity index is 1.58. The molecule has 9 heteroatoms. The van der Waals surface area contributed by atoms with Gasteiger partial charge < -0.3 is 23.8 Å². The molecule has 1 unspecified atom stereocenters. The summed E-state index contributed by atoms with van der Waals surface area (Å²) in [5.41, 5.74) is 1.71. The second kappa shape index (κ2) is 8.66. The lowest BCUT2D eigenvalue weighted by Crippen LogP contribution is -2.37. The van der Waals surface area contributed by atoms with Crippen molar-refractivity contribution in [2.45, 2.75) is 32.9 Å². The van der Waals surface area contributed by atoms with Gasteiger partial charge in [0.05, 0.1) is 43.4 Å². The van der Waals surface area contributed by atoms with Crippen molar-refractivity contribution in [3.05, 3.63) is 70.7 Å².